The Bertz CT molecular complexity index is 833. The van der Waals surface area contributed by atoms with Gasteiger partial charge in [0.2, 0.25) is 0 Å². The molecule has 150 valence electrons. The van der Waals surface area contributed by atoms with Gasteiger partial charge in [0.25, 0.3) is 0 Å². The van der Waals surface area contributed by atoms with Gasteiger partial charge in [-0.3, -0.25) is 5.32 Å². The minimum Gasteiger partial charge on any atom is -0.453 e. The van der Waals surface area contributed by atoms with Gasteiger partial charge in [0.1, 0.15) is 5.82 Å². The first-order valence-electron chi connectivity index (χ1n) is 8.93. The van der Waals surface area contributed by atoms with E-state index in [4.69, 9.17) is 12.2 Å². The van der Waals surface area contributed by atoms with Crippen molar-refractivity contribution in [3.63, 3.8) is 0 Å². The highest BCUT2D eigenvalue weighted by Gasteiger charge is 2.12. The van der Waals surface area contributed by atoms with Crippen LogP contribution in [-0.4, -0.2) is 18.3 Å². The molecule has 3 N–H and O–H groups in total. The number of methoxy groups -OCH3 is 1. The van der Waals surface area contributed by atoms with E-state index in [1.165, 1.54) is 24.8 Å². The Morgan fingerprint density at radius 1 is 1.04 bits per heavy atom. The van der Waals surface area contributed by atoms with Crippen molar-refractivity contribution in [1.29, 1.82) is 0 Å². The Morgan fingerprint density at radius 3 is 2.14 bits per heavy atom. The zero-order valence-electron chi connectivity index (χ0n) is 16.6. The SMILES string of the molecule is COC(=O)Nc1ccc(CNC(=S)NCc2ccc(C(C)(C)C)cc2)cc1F. The number of carbonyl (C=O) groups excluding carboxylic acids is 1. The van der Waals surface area contributed by atoms with E-state index < -0.39 is 11.9 Å². The second-order valence-corrected chi connectivity index (χ2v) is 7.82. The fourth-order valence-electron chi connectivity index (χ4n) is 2.48. The molecule has 0 radical (unpaired) electrons. The third kappa shape index (κ3) is 6.49. The zero-order valence-corrected chi connectivity index (χ0v) is 17.4. The molecule has 0 fully saturated rings. The largest absolute Gasteiger partial charge is 0.453 e. The first-order valence-corrected chi connectivity index (χ1v) is 9.34. The van der Waals surface area contributed by atoms with Crippen LogP contribution in [0.4, 0.5) is 14.9 Å². The molecule has 2 aromatic carbocycles. The maximum atomic E-state index is 14.0. The molecule has 0 heterocycles. The van der Waals surface area contributed by atoms with E-state index in [0.29, 0.717) is 23.8 Å². The van der Waals surface area contributed by atoms with E-state index in [0.717, 1.165) is 5.56 Å². The number of benzene rings is 2. The maximum Gasteiger partial charge on any atom is 0.411 e. The summed E-state index contributed by atoms with van der Waals surface area (Å²) in [5.74, 6) is -0.539. The van der Waals surface area contributed by atoms with Crippen LogP contribution in [0.5, 0.6) is 0 Å². The maximum absolute atomic E-state index is 14.0. The molecule has 0 atom stereocenters. The Kier molecular flexibility index (Phi) is 7.34. The minimum absolute atomic E-state index is 0.0648. The molecule has 0 unspecified atom stereocenters. The first kappa shape index (κ1) is 21.6. The normalized spacial score (nSPS) is 10.9. The number of amides is 1. The van der Waals surface area contributed by atoms with Crippen LogP contribution >= 0.6 is 12.2 Å². The summed E-state index contributed by atoms with van der Waals surface area (Å²) in [6, 6.07) is 12.9. The van der Waals surface area contributed by atoms with Crippen molar-refractivity contribution in [2.75, 3.05) is 12.4 Å². The highest BCUT2D eigenvalue weighted by atomic mass is 32.1. The van der Waals surface area contributed by atoms with Gasteiger partial charge in [-0.25, -0.2) is 9.18 Å². The van der Waals surface area contributed by atoms with E-state index in [2.05, 4.69) is 65.7 Å². The van der Waals surface area contributed by atoms with Crippen molar-refractivity contribution in [2.45, 2.75) is 39.3 Å². The molecule has 28 heavy (non-hydrogen) atoms. The second kappa shape index (κ2) is 9.50. The van der Waals surface area contributed by atoms with Gasteiger partial charge < -0.3 is 15.4 Å². The van der Waals surface area contributed by atoms with Crippen molar-refractivity contribution in [3.05, 3.63) is 65.0 Å². The van der Waals surface area contributed by atoms with Crippen molar-refractivity contribution < 1.29 is 13.9 Å². The van der Waals surface area contributed by atoms with E-state index in [-0.39, 0.29) is 11.1 Å². The number of anilines is 1. The van der Waals surface area contributed by atoms with Gasteiger partial charge in [-0.15, -0.1) is 0 Å². The smallest absolute Gasteiger partial charge is 0.411 e. The van der Waals surface area contributed by atoms with E-state index >= 15 is 0 Å². The summed E-state index contributed by atoms with van der Waals surface area (Å²) in [5, 5.41) is 8.98. The summed E-state index contributed by atoms with van der Waals surface area (Å²) in [6.07, 6.45) is -0.717. The number of nitrogens with one attached hydrogen (secondary N) is 3. The molecule has 0 aliphatic carbocycles. The van der Waals surface area contributed by atoms with E-state index in [1.54, 1.807) is 6.07 Å². The van der Waals surface area contributed by atoms with Crippen LogP contribution in [0.2, 0.25) is 0 Å². The predicted octanol–water partition coefficient (Wildman–Crippen LogP) is 4.47. The molecule has 0 saturated carbocycles. The standard InChI is InChI=1S/C21H26FN3O2S/c1-21(2,3)16-8-5-14(6-9-16)12-23-19(28)24-13-15-7-10-18(17(22)11-15)25-20(26)27-4/h5-11H,12-13H2,1-4H3,(H,25,26)(H2,23,24,28). The highest BCUT2D eigenvalue weighted by molar-refractivity contribution is 7.80. The summed E-state index contributed by atoms with van der Waals surface area (Å²) >= 11 is 5.28. The molecule has 0 spiro atoms. The molecule has 1 amide bonds. The van der Waals surface area contributed by atoms with Crippen molar-refractivity contribution >= 4 is 29.1 Å². The number of thiocarbonyl (C=S) groups is 1. The topological polar surface area (TPSA) is 62.4 Å². The zero-order chi connectivity index (χ0) is 20.7. The van der Waals surface area contributed by atoms with Gasteiger partial charge in [0, 0.05) is 13.1 Å². The van der Waals surface area contributed by atoms with Crippen LogP contribution in [0, 0.1) is 5.82 Å². The lowest BCUT2D eigenvalue weighted by Crippen LogP contribution is -2.34. The van der Waals surface area contributed by atoms with Crippen LogP contribution in [-0.2, 0) is 23.2 Å². The predicted molar refractivity (Wildman–Crippen MR) is 114 cm³/mol. The van der Waals surface area contributed by atoms with Crippen LogP contribution in [0.1, 0.15) is 37.5 Å². The number of halogens is 1. The van der Waals surface area contributed by atoms with Gasteiger partial charge in [0.05, 0.1) is 12.8 Å². The quantitative estimate of drug-likeness (QED) is 0.643. The Morgan fingerprint density at radius 2 is 1.61 bits per heavy atom. The lowest BCUT2D eigenvalue weighted by atomic mass is 9.87. The Labute approximate surface area is 170 Å². The number of carbonyl (C=O) groups is 1. The summed E-state index contributed by atoms with van der Waals surface area (Å²) < 4.78 is 18.5. The summed E-state index contributed by atoms with van der Waals surface area (Å²) in [7, 11) is 1.22. The fraction of sp³-hybridized carbons (Fsp3) is 0.333. The Balaban J connectivity index is 1.82. The number of ether oxygens (including phenoxy) is 1. The number of rotatable bonds is 5. The molecule has 0 aromatic heterocycles. The molecule has 7 heteroatoms. The molecule has 2 aromatic rings. The average Bonchev–Trinajstić information content (AvgIpc) is 2.66. The second-order valence-electron chi connectivity index (χ2n) is 7.41. The molecule has 0 aliphatic rings. The summed E-state index contributed by atoms with van der Waals surface area (Å²) in [5.41, 5.74) is 3.30. The number of hydrogen-bond acceptors (Lipinski definition) is 3. The van der Waals surface area contributed by atoms with Gasteiger partial charge in [-0.2, -0.15) is 0 Å². The molecular formula is C21H26FN3O2S. The van der Waals surface area contributed by atoms with Gasteiger partial charge in [0.15, 0.2) is 5.11 Å². The molecule has 0 saturated heterocycles. The molecular weight excluding hydrogens is 377 g/mol. The molecule has 5 nitrogen and oxygen atoms in total. The third-order valence-corrected chi connectivity index (χ3v) is 4.47. The van der Waals surface area contributed by atoms with Crippen molar-refractivity contribution in [3.8, 4) is 0 Å². The minimum atomic E-state index is -0.717. The van der Waals surface area contributed by atoms with Crippen LogP contribution in [0.3, 0.4) is 0 Å². The summed E-state index contributed by atoms with van der Waals surface area (Å²) in [6.45, 7) is 7.51. The number of hydrogen-bond donors (Lipinski definition) is 3. The van der Waals surface area contributed by atoms with Crippen LogP contribution in [0.25, 0.3) is 0 Å². The highest BCUT2D eigenvalue weighted by Crippen LogP contribution is 2.22. The monoisotopic (exact) mass is 403 g/mol. The lowest BCUT2D eigenvalue weighted by Gasteiger charge is -2.19. The van der Waals surface area contributed by atoms with Crippen molar-refractivity contribution in [2.24, 2.45) is 0 Å². The van der Waals surface area contributed by atoms with Crippen LogP contribution in [0.15, 0.2) is 42.5 Å². The van der Waals surface area contributed by atoms with Gasteiger partial charge in [-0.05, 0) is 46.5 Å². The molecule has 0 aliphatic heterocycles. The average molecular weight is 404 g/mol. The lowest BCUT2D eigenvalue weighted by molar-refractivity contribution is 0.187. The van der Waals surface area contributed by atoms with Gasteiger partial charge in [-0.1, -0.05) is 51.1 Å². The Hall–Kier alpha value is -2.67. The first-order chi connectivity index (χ1) is 13.2. The van der Waals surface area contributed by atoms with Crippen molar-refractivity contribution in [1.82, 2.24) is 10.6 Å². The fourth-order valence-corrected chi connectivity index (χ4v) is 2.63. The third-order valence-electron chi connectivity index (χ3n) is 4.18. The van der Waals surface area contributed by atoms with E-state index in [9.17, 15) is 9.18 Å². The van der Waals surface area contributed by atoms with Gasteiger partial charge >= 0.3 is 6.09 Å². The molecule has 0 bridgehead atoms. The summed E-state index contributed by atoms with van der Waals surface area (Å²) in [4.78, 5) is 11.2. The van der Waals surface area contributed by atoms with Crippen LogP contribution < -0.4 is 16.0 Å². The van der Waals surface area contributed by atoms with E-state index in [1.807, 2.05) is 0 Å². The molecule has 2 rings (SSSR count).